The zero-order chi connectivity index (χ0) is 25.1. The molecule has 1 aromatic heterocycles. The Morgan fingerprint density at radius 1 is 1.03 bits per heavy atom. The van der Waals surface area contributed by atoms with Crippen LogP contribution in [0.1, 0.15) is 60.5 Å². The summed E-state index contributed by atoms with van der Waals surface area (Å²) in [5.41, 5.74) is 3.63. The largest absolute Gasteiger partial charge is 0.488 e. The molecule has 0 amide bonds. The van der Waals surface area contributed by atoms with Gasteiger partial charge in [0, 0.05) is 20.4 Å². The molecule has 0 spiro atoms. The maximum atomic E-state index is 13.6. The number of aromatic nitrogens is 2. The summed E-state index contributed by atoms with van der Waals surface area (Å²) in [5, 5.41) is 5.25. The van der Waals surface area contributed by atoms with Gasteiger partial charge in [0.1, 0.15) is 18.2 Å². The molecule has 3 aromatic carbocycles. The molecule has 7 heteroatoms. The first kappa shape index (κ1) is 24.9. The molecule has 1 heterocycles. The van der Waals surface area contributed by atoms with Crippen molar-refractivity contribution in [2.24, 2.45) is 5.10 Å². The van der Waals surface area contributed by atoms with Gasteiger partial charge in [-0.15, -0.1) is 0 Å². The summed E-state index contributed by atoms with van der Waals surface area (Å²) >= 11 is 7.04. The van der Waals surface area contributed by atoms with Crippen LogP contribution >= 0.6 is 31.9 Å². The van der Waals surface area contributed by atoms with E-state index in [9.17, 15) is 4.79 Å². The molecule has 4 aromatic rings. The Bertz CT molecular complexity index is 1490. The molecule has 5 rings (SSSR count). The fourth-order valence-electron chi connectivity index (χ4n) is 4.74. The number of benzene rings is 3. The van der Waals surface area contributed by atoms with Gasteiger partial charge >= 0.3 is 0 Å². The monoisotopic (exact) mass is 607 g/mol. The fourth-order valence-corrected chi connectivity index (χ4v) is 5.48. The third-order valence-corrected chi connectivity index (χ3v) is 7.55. The number of halogens is 2. The first-order chi connectivity index (χ1) is 17.5. The van der Waals surface area contributed by atoms with Gasteiger partial charge in [-0.3, -0.25) is 4.79 Å². The molecule has 1 aliphatic carbocycles. The summed E-state index contributed by atoms with van der Waals surface area (Å²) in [6.45, 7) is 2.52. The fraction of sp³-hybridized carbons (Fsp3) is 0.276. The second-order valence-corrected chi connectivity index (χ2v) is 11.1. The summed E-state index contributed by atoms with van der Waals surface area (Å²) in [5.74, 6) is 1.66. The van der Waals surface area contributed by atoms with E-state index in [0.717, 1.165) is 51.6 Å². The van der Waals surface area contributed by atoms with Crippen LogP contribution in [0, 0.1) is 6.92 Å². The Balaban J connectivity index is 1.54. The Hall–Kier alpha value is -2.77. The highest BCUT2D eigenvalue weighted by atomic mass is 79.9. The van der Waals surface area contributed by atoms with E-state index >= 15 is 0 Å². The molecule has 1 aliphatic rings. The van der Waals surface area contributed by atoms with Crippen LogP contribution in [0.15, 0.2) is 79.5 Å². The summed E-state index contributed by atoms with van der Waals surface area (Å²) in [6, 6.07) is 19.7. The molecule has 0 saturated heterocycles. The Morgan fingerprint density at radius 2 is 1.81 bits per heavy atom. The lowest BCUT2D eigenvalue weighted by Crippen LogP contribution is -2.25. The van der Waals surface area contributed by atoms with Gasteiger partial charge < -0.3 is 4.74 Å². The zero-order valence-electron chi connectivity index (χ0n) is 20.1. The maximum absolute atomic E-state index is 13.6. The molecule has 1 fully saturated rings. The number of ether oxygens (including phenoxy) is 1. The van der Waals surface area contributed by atoms with Gasteiger partial charge in [0.05, 0.1) is 17.1 Å². The van der Waals surface area contributed by atoms with Crippen molar-refractivity contribution in [1.29, 1.82) is 0 Å². The first-order valence-corrected chi connectivity index (χ1v) is 13.8. The number of aryl methyl sites for hydroxylation is 1. The third-order valence-electron chi connectivity index (χ3n) is 6.56. The van der Waals surface area contributed by atoms with Crippen LogP contribution in [0.3, 0.4) is 0 Å². The molecule has 5 nitrogen and oxygen atoms in total. The molecule has 0 aliphatic heterocycles. The zero-order valence-corrected chi connectivity index (χ0v) is 23.3. The molecule has 0 atom stereocenters. The summed E-state index contributed by atoms with van der Waals surface area (Å²) in [7, 11) is 0. The van der Waals surface area contributed by atoms with E-state index in [-0.39, 0.29) is 11.5 Å². The number of nitrogens with zero attached hydrogens (tertiary/aromatic N) is 3. The van der Waals surface area contributed by atoms with E-state index < -0.39 is 0 Å². The van der Waals surface area contributed by atoms with E-state index in [1.807, 2.05) is 42.5 Å². The molecule has 184 valence electrons. The number of fused-ring (bicyclic) bond motifs is 1. The second kappa shape index (κ2) is 11.1. The Kier molecular flexibility index (Phi) is 7.67. The van der Waals surface area contributed by atoms with Gasteiger partial charge in [0.25, 0.3) is 5.56 Å². The molecule has 0 unspecified atom stereocenters. The van der Waals surface area contributed by atoms with Gasteiger partial charge in [-0.05, 0) is 61.7 Å². The maximum Gasteiger partial charge on any atom is 0.282 e. The van der Waals surface area contributed by atoms with Gasteiger partial charge in [0.15, 0.2) is 0 Å². The van der Waals surface area contributed by atoms with E-state index in [2.05, 4.69) is 57.0 Å². The average molecular weight is 609 g/mol. The summed E-state index contributed by atoms with van der Waals surface area (Å²) < 4.78 is 9.41. The molecular weight excluding hydrogens is 582 g/mol. The minimum absolute atomic E-state index is 0.157. The van der Waals surface area contributed by atoms with Crippen molar-refractivity contribution >= 4 is 49.0 Å². The molecule has 1 saturated carbocycles. The van der Waals surface area contributed by atoms with E-state index in [0.29, 0.717) is 23.3 Å². The van der Waals surface area contributed by atoms with Crippen LogP contribution in [-0.2, 0) is 6.61 Å². The standard InChI is InChI=1S/C29H27Br2N3O2/c1-19-6-5-7-20(14-19)18-36-27-13-11-23(30)15-22(27)17-32-34-28(21-8-3-2-4-9-21)33-26-12-10-24(31)16-25(26)29(34)35/h5-7,10-17,21H,2-4,8-9,18H2,1H3. The van der Waals surface area contributed by atoms with Crippen LogP contribution in [0.4, 0.5) is 0 Å². The Morgan fingerprint density at radius 3 is 2.61 bits per heavy atom. The molecular formula is C29H27Br2N3O2. The minimum Gasteiger partial charge on any atom is -0.488 e. The SMILES string of the molecule is Cc1cccc(COc2ccc(Br)cc2C=Nn2c(C3CCCCC3)nc3ccc(Br)cc3c2=O)c1. The van der Waals surface area contributed by atoms with Crippen LogP contribution in [0.25, 0.3) is 10.9 Å². The normalized spacial score (nSPS) is 14.5. The molecule has 0 radical (unpaired) electrons. The van der Waals surface area contributed by atoms with Crippen LogP contribution in [0.2, 0.25) is 0 Å². The lowest BCUT2D eigenvalue weighted by molar-refractivity contribution is 0.305. The quantitative estimate of drug-likeness (QED) is 0.210. The highest BCUT2D eigenvalue weighted by Gasteiger charge is 2.22. The predicted molar refractivity (Wildman–Crippen MR) is 152 cm³/mol. The third kappa shape index (κ3) is 5.62. The van der Waals surface area contributed by atoms with E-state index in [1.54, 1.807) is 6.21 Å². The van der Waals surface area contributed by atoms with Crippen molar-refractivity contribution in [3.8, 4) is 5.75 Å². The lowest BCUT2D eigenvalue weighted by atomic mass is 9.88. The average Bonchev–Trinajstić information content (AvgIpc) is 2.88. The van der Waals surface area contributed by atoms with Gasteiger partial charge in [-0.1, -0.05) is 81.0 Å². The van der Waals surface area contributed by atoms with E-state index in [1.165, 1.54) is 16.7 Å². The molecule has 0 bridgehead atoms. The second-order valence-electron chi connectivity index (χ2n) is 9.29. The van der Waals surface area contributed by atoms with Gasteiger partial charge in [-0.25, -0.2) is 4.98 Å². The van der Waals surface area contributed by atoms with Crippen molar-refractivity contribution in [3.05, 3.63) is 102 Å². The van der Waals surface area contributed by atoms with Crippen LogP contribution in [-0.4, -0.2) is 15.9 Å². The first-order valence-electron chi connectivity index (χ1n) is 12.2. The van der Waals surface area contributed by atoms with Gasteiger partial charge in [-0.2, -0.15) is 9.78 Å². The van der Waals surface area contributed by atoms with Crippen molar-refractivity contribution in [3.63, 3.8) is 0 Å². The topological polar surface area (TPSA) is 56.5 Å². The predicted octanol–water partition coefficient (Wildman–Crippen LogP) is 7.74. The summed E-state index contributed by atoms with van der Waals surface area (Å²) in [6.07, 6.45) is 7.26. The number of hydrogen-bond donors (Lipinski definition) is 0. The number of rotatable bonds is 6. The summed E-state index contributed by atoms with van der Waals surface area (Å²) in [4.78, 5) is 18.5. The van der Waals surface area contributed by atoms with Crippen LogP contribution in [0.5, 0.6) is 5.75 Å². The lowest BCUT2D eigenvalue weighted by Gasteiger charge is -2.22. The van der Waals surface area contributed by atoms with Crippen LogP contribution < -0.4 is 10.3 Å². The Labute approximate surface area is 227 Å². The number of hydrogen-bond acceptors (Lipinski definition) is 4. The van der Waals surface area contributed by atoms with Crippen molar-refractivity contribution < 1.29 is 4.74 Å². The van der Waals surface area contributed by atoms with E-state index in [4.69, 9.17) is 14.8 Å². The highest BCUT2D eigenvalue weighted by molar-refractivity contribution is 9.10. The smallest absolute Gasteiger partial charge is 0.282 e. The van der Waals surface area contributed by atoms with Crippen molar-refractivity contribution in [2.75, 3.05) is 0 Å². The molecule has 0 N–H and O–H groups in total. The highest BCUT2D eigenvalue weighted by Crippen LogP contribution is 2.32. The molecule has 36 heavy (non-hydrogen) atoms. The van der Waals surface area contributed by atoms with Crippen molar-refractivity contribution in [1.82, 2.24) is 9.66 Å². The van der Waals surface area contributed by atoms with Gasteiger partial charge in [0.2, 0.25) is 0 Å². The minimum atomic E-state index is -0.157. The van der Waals surface area contributed by atoms with Crippen molar-refractivity contribution in [2.45, 2.75) is 51.6 Å².